The van der Waals surface area contributed by atoms with Gasteiger partial charge in [0, 0.05) is 38.4 Å². The highest BCUT2D eigenvalue weighted by molar-refractivity contribution is 5.82. The fourth-order valence-electron chi connectivity index (χ4n) is 2.38. The largest absolute Gasteiger partial charge is 0.366 e. The van der Waals surface area contributed by atoms with Crippen molar-refractivity contribution in [2.24, 2.45) is 7.05 Å². The van der Waals surface area contributed by atoms with Crippen molar-refractivity contribution < 1.29 is 0 Å². The van der Waals surface area contributed by atoms with E-state index in [1.54, 1.807) is 12.7 Å². The first-order valence-corrected chi connectivity index (χ1v) is 7.03. The number of nitrogens with one attached hydrogen (secondary N) is 1. The predicted molar refractivity (Wildman–Crippen MR) is 81.1 cm³/mol. The average Bonchev–Trinajstić information content (AvgIpc) is 3.07. The molecular weight excluding hydrogens is 266 g/mol. The molecule has 21 heavy (non-hydrogen) atoms. The van der Waals surface area contributed by atoms with E-state index >= 15 is 0 Å². The van der Waals surface area contributed by atoms with Gasteiger partial charge < -0.3 is 14.5 Å². The molecule has 0 bridgehead atoms. The van der Waals surface area contributed by atoms with Crippen LogP contribution in [0, 0.1) is 0 Å². The lowest BCUT2D eigenvalue weighted by Crippen LogP contribution is -2.14. The third-order valence-electron chi connectivity index (χ3n) is 3.41. The minimum Gasteiger partial charge on any atom is -0.366 e. The van der Waals surface area contributed by atoms with E-state index < -0.39 is 0 Å². The molecule has 3 aromatic rings. The molecule has 7 nitrogen and oxygen atoms in total. The lowest BCUT2D eigenvalue weighted by Gasteiger charge is -2.11. The molecule has 0 atom stereocenters. The van der Waals surface area contributed by atoms with Crippen LogP contribution < -0.4 is 5.32 Å². The fraction of sp³-hybridized carbons (Fsp3) is 0.429. The number of hydrogen-bond acceptors (Lipinski definition) is 5. The number of fused-ring (bicyclic) bond motifs is 1. The molecule has 0 fully saturated rings. The summed E-state index contributed by atoms with van der Waals surface area (Å²) in [6.45, 7) is 5.90. The Balaban J connectivity index is 1.71. The Bertz CT molecular complexity index is 741. The maximum atomic E-state index is 4.39. The molecule has 7 heteroatoms. The minimum absolute atomic E-state index is 0.418. The maximum Gasteiger partial charge on any atom is 0.165 e. The van der Waals surface area contributed by atoms with E-state index in [4.69, 9.17) is 0 Å². The zero-order valence-corrected chi connectivity index (χ0v) is 12.5. The van der Waals surface area contributed by atoms with Gasteiger partial charge in [0.25, 0.3) is 0 Å². The third-order valence-corrected chi connectivity index (χ3v) is 3.41. The number of nitrogens with zero attached hydrogens (tertiary/aromatic N) is 6. The molecule has 1 N–H and O–H groups in total. The van der Waals surface area contributed by atoms with Crippen LogP contribution in [0.2, 0.25) is 0 Å². The van der Waals surface area contributed by atoms with Gasteiger partial charge in [-0.15, -0.1) is 0 Å². The van der Waals surface area contributed by atoms with Crippen molar-refractivity contribution in [2.45, 2.75) is 26.3 Å². The average molecular weight is 285 g/mol. The highest BCUT2D eigenvalue weighted by Gasteiger charge is 2.09. The van der Waals surface area contributed by atoms with Crippen molar-refractivity contribution in [3.05, 3.63) is 30.9 Å². The highest BCUT2D eigenvalue weighted by atomic mass is 15.1. The van der Waals surface area contributed by atoms with Gasteiger partial charge in [-0.25, -0.2) is 19.9 Å². The van der Waals surface area contributed by atoms with Crippen LogP contribution in [0.4, 0.5) is 5.82 Å². The van der Waals surface area contributed by atoms with E-state index in [-0.39, 0.29) is 0 Å². The Morgan fingerprint density at radius 3 is 2.86 bits per heavy atom. The monoisotopic (exact) mass is 285 g/mol. The molecule has 0 radical (unpaired) electrons. The summed E-state index contributed by atoms with van der Waals surface area (Å²) in [7, 11) is 1.92. The van der Waals surface area contributed by atoms with E-state index in [2.05, 4.69) is 43.7 Å². The molecule has 0 aliphatic heterocycles. The Hall–Kier alpha value is -2.44. The van der Waals surface area contributed by atoms with E-state index in [0.717, 1.165) is 35.9 Å². The summed E-state index contributed by atoms with van der Waals surface area (Å²) in [6, 6.07) is 0. The molecule has 0 amide bonds. The van der Waals surface area contributed by atoms with Crippen LogP contribution in [0.3, 0.4) is 0 Å². The first-order chi connectivity index (χ1) is 10.2. The lowest BCUT2D eigenvalue weighted by molar-refractivity contribution is 0.636. The van der Waals surface area contributed by atoms with Crippen LogP contribution in [0.1, 0.15) is 25.6 Å². The molecule has 3 aromatic heterocycles. The van der Waals surface area contributed by atoms with E-state index in [0.29, 0.717) is 5.92 Å². The van der Waals surface area contributed by atoms with E-state index in [1.165, 1.54) is 0 Å². The van der Waals surface area contributed by atoms with Gasteiger partial charge in [0.1, 0.15) is 17.7 Å². The van der Waals surface area contributed by atoms with Crippen LogP contribution in [0.5, 0.6) is 0 Å². The van der Waals surface area contributed by atoms with Crippen molar-refractivity contribution in [2.75, 3.05) is 11.9 Å². The summed E-state index contributed by atoms with van der Waals surface area (Å²) in [5.74, 6) is 2.29. The van der Waals surface area contributed by atoms with Crippen LogP contribution in [-0.2, 0) is 13.6 Å². The van der Waals surface area contributed by atoms with Crippen molar-refractivity contribution in [3.63, 3.8) is 0 Å². The van der Waals surface area contributed by atoms with Gasteiger partial charge in [0.2, 0.25) is 0 Å². The van der Waals surface area contributed by atoms with Gasteiger partial charge in [-0.3, -0.25) is 0 Å². The topological polar surface area (TPSA) is 73.5 Å². The van der Waals surface area contributed by atoms with Gasteiger partial charge in [-0.2, -0.15) is 0 Å². The smallest absolute Gasteiger partial charge is 0.165 e. The van der Waals surface area contributed by atoms with E-state index in [1.807, 2.05) is 24.0 Å². The van der Waals surface area contributed by atoms with Gasteiger partial charge >= 0.3 is 0 Å². The van der Waals surface area contributed by atoms with Crippen molar-refractivity contribution in [3.8, 4) is 0 Å². The molecule has 110 valence electrons. The summed E-state index contributed by atoms with van der Waals surface area (Å²) in [5.41, 5.74) is 1.63. The lowest BCUT2D eigenvalue weighted by atomic mass is 10.2. The summed E-state index contributed by atoms with van der Waals surface area (Å²) in [6.07, 6.45) is 7.16. The normalized spacial score (nSPS) is 11.4. The standard InChI is InChI=1S/C14H19N7/c1-10(2)13-16-5-7-21(13)6-4-15-12-11-14(18-8-17-12)20(3)9-19-11/h5,7-10H,4,6H2,1-3H3,(H,15,17,18). The number of anilines is 1. The molecule has 0 spiro atoms. The third kappa shape index (κ3) is 2.58. The van der Waals surface area contributed by atoms with Crippen LogP contribution in [0.25, 0.3) is 11.2 Å². The van der Waals surface area contributed by atoms with Crippen LogP contribution in [-0.4, -0.2) is 35.6 Å². The number of rotatable bonds is 5. The number of aryl methyl sites for hydroxylation is 1. The fourth-order valence-corrected chi connectivity index (χ4v) is 2.38. The Morgan fingerprint density at radius 2 is 2.05 bits per heavy atom. The second kappa shape index (κ2) is 5.51. The minimum atomic E-state index is 0.418. The van der Waals surface area contributed by atoms with Crippen molar-refractivity contribution in [1.29, 1.82) is 0 Å². The van der Waals surface area contributed by atoms with Gasteiger partial charge in [-0.05, 0) is 0 Å². The van der Waals surface area contributed by atoms with Gasteiger partial charge in [-0.1, -0.05) is 13.8 Å². The predicted octanol–water partition coefficient (Wildman–Crippen LogP) is 1.80. The zero-order valence-electron chi connectivity index (χ0n) is 12.5. The number of aromatic nitrogens is 6. The van der Waals surface area contributed by atoms with Crippen LogP contribution in [0.15, 0.2) is 25.0 Å². The summed E-state index contributed by atoms with van der Waals surface area (Å²) >= 11 is 0. The highest BCUT2D eigenvalue weighted by Crippen LogP contribution is 2.16. The molecule has 0 unspecified atom stereocenters. The second-order valence-corrected chi connectivity index (χ2v) is 5.31. The second-order valence-electron chi connectivity index (χ2n) is 5.31. The van der Waals surface area contributed by atoms with Gasteiger partial charge in [0.15, 0.2) is 11.5 Å². The molecule has 0 aliphatic rings. The molecule has 0 aliphatic carbocycles. The summed E-state index contributed by atoms with van der Waals surface area (Å²) < 4.78 is 4.05. The summed E-state index contributed by atoms with van der Waals surface area (Å²) in [4.78, 5) is 17.2. The molecular formula is C14H19N7. The Morgan fingerprint density at radius 1 is 1.19 bits per heavy atom. The first kappa shape index (κ1) is 13.5. The molecule has 0 saturated carbocycles. The Labute approximate surface area is 123 Å². The van der Waals surface area contributed by atoms with Crippen molar-refractivity contribution >= 4 is 17.0 Å². The molecule has 0 aromatic carbocycles. The molecule has 3 heterocycles. The van der Waals surface area contributed by atoms with Gasteiger partial charge in [0.05, 0.1) is 6.33 Å². The maximum absolute atomic E-state index is 4.39. The quantitative estimate of drug-likeness (QED) is 0.773. The first-order valence-electron chi connectivity index (χ1n) is 7.03. The SMILES string of the molecule is CC(C)c1nccn1CCNc1ncnc2c1ncn2C. The molecule has 0 saturated heterocycles. The van der Waals surface area contributed by atoms with Crippen LogP contribution >= 0.6 is 0 Å². The Kier molecular flexibility index (Phi) is 3.55. The zero-order chi connectivity index (χ0) is 14.8. The number of imidazole rings is 2. The summed E-state index contributed by atoms with van der Waals surface area (Å²) in [5, 5.41) is 3.33. The molecule has 3 rings (SSSR count). The number of hydrogen-bond donors (Lipinski definition) is 1. The van der Waals surface area contributed by atoms with E-state index in [9.17, 15) is 0 Å². The van der Waals surface area contributed by atoms with Crippen molar-refractivity contribution in [1.82, 2.24) is 29.1 Å².